The largest absolute Gasteiger partial charge is 0.497 e. The van der Waals surface area contributed by atoms with Crippen LogP contribution in [0.1, 0.15) is 51.2 Å². The van der Waals surface area contributed by atoms with Gasteiger partial charge in [-0.3, -0.25) is 9.59 Å². The molecular weight excluding hydrogens is 532 g/mol. The van der Waals surface area contributed by atoms with Crippen LogP contribution >= 0.6 is 0 Å². The second kappa shape index (κ2) is 17.1. The maximum atomic E-state index is 13.3. The summed E-state index contributed by atoms with van der Waals surface area (Å²) in [5, 5.41) is 5.72. The first-order chi connectivity index (χ1) is 20.2. The van der Waals surface area contributed by atoms with Crippen LogP contribution in [0, 0.1) is 11.8 Å². The highest BCUT2D eigenvalue weighted by Gasteiger charge is 2.27. The molecule has 0 spiro atoms. The van der Waals surface area contributed by atoms with E-state index in [0.29, 0.717) is 38.0 Å². The van der Waals surface area contributed by atoms with E-state index in [1.54, 1.807) is 13.2 Å². The van der Waals surface area contributed by atoms with Crippen molar-refractivity contribution in [1.29, 1.82) is 0 Å². The Morgan fingerprint density at radius 3 is 2.45 bits per heavy atom. The molecule has 0 bridgehead atoms. The normalized spacial score (nSPS) is 22.7. The summed E-state index contributed by atoms with van der Waals surface area (Å²) in [6.45, 7) is 6.68. The number of hydrogen-bond donors (Lipinski definition) is 2. The van der Waals surface area contributed by atoms with Gasteiger partial charge < -0.3 is 24.8 Å². The van der Waals surface area contributed by atoms with Crippen molar-refractivity contribution in [2.24, 2.45) is 11.8 Å². The van der Waals surface area contributed by atoms with Gasteiger partial charge in [-0.05, 0) is 48.1 Å². The van der Waals surface area contributed by atoms with Crippen molar-refractivity contribution < 1.29 is 28.6 Å². The summed E-state index contributed by atoms with van der Waals surface area (Å²) in [6, 6.07) is 16.5. The predicted octanol–water partition coefficient (Wildman–Crippen LogP) is 4.88. The molecule has 42 heavy (non-hydrogen) atoms. The van der Waals surface area contributed by atoms with Gasteiger partial charge in [-0.25, -0.2) is 4.79 Å². The first kappa shape index (κ1) is 32.6. The Morgan fingerprint density at radius 1 is 1.02 bits per heavy atom. The number of nitrogens with one attached hydrogen (secondary N) is 2. The summed E-state index contributed by atoms with van der Waals surface area (Å²) in [6.07, 6.45) is 7.55. The maximum Gasteiger partial charge on any atom is 0.335 e. The topological polar surface area (TPSA) is 103 Å². The van der Waals surface area contributed by atoms with Gasteiger partial charge in [0.05, 0.1) is 7.11 Å². The van der Waals surface area contributed by atoms with Gasteiger partial charge in [0.1, 0.15) is 17.9 Å². The van der Waals surface area contributed by atoms with Gasteiger partial charge in [0.2, 0.25) is 11.8 Å². The average Bonchev–Trinajstić information content (AvgIpc) is 2.98. The lowest BCUT2D eigenvalue weighted by atomic mass is 9.99. The zero-order valence-electron chi connectivity index (χ0n) is 25.1. The molecule has 2 aromatic rings. The van der Waals surface area contributed by atoms with Gasteiger partial charge >= 0.3 is 5.97 Å². The Labute approximate surface area is 249 Å². The fourth-order valence-corrected chi connectivity index (χ4v) is 4.57. The molecule has 0 unspecified atom stereocenters. The lowest BCUT2D eigenvalue weighted by molar-refractivity contribution is -0.165. The van der Waals surface area contributed by atoms with E-state index >= 15 is 0 Å². The van der Waals surface area contributed by atoms with Crippen LogP contribution in [0.4, 0.5) is 0 Å². The van der Waals surface area contributed by atoms with Crippen LogP contribution in [-0.4, -0.2) is 56.3 Å². The fraction of sp³-hybridized carbons (Fsp3) is 0.441. The quantitative estimate of drug-likeness (QED) is 0.434. The summed E-state index contributed by atoms with van der Waals surface area (Å²) < 4.78 is 17.2. The van der Waals surface area contributed by atoms with Crippen molar-refractivity contribution in [3.05, 3.63) is 84.0 Å². The minimum Gasteiger partial charge on any atom is -0.497 e. The van der Waals surface area contributed by atoms with Crippen LogP contribution < -0.4 is 15.4 Å². The molecule has 2 amide bonds. The Kier molecular flexibility index (Phi) is 13.3. The number of cyclic esters (lactones) is 1. The van der Waals surface area contributed by atoms with Gasteiger partial charge in [-0.15, -0.1) is 0 Å². The van der Waals surface area contributed by atoms with Crippen LogP contribution in [0.25, 0.3) is 6.08 Å². The monoisotopic (exact) mass is 576 g/mol. The summed E-state index contributed by atoms with van der Waals surface area (Å²) >= 11 is 0. The Hall–Kier alpha value is -3.91. The second-order valence-electron chi connectivity index (χ2n) is 11.0. The van der Waals surface area contributed by atoms with Crippen molar-refractivity contribution in [2.45, 2.75) is 64.7 Å². The SMILES string of the molecule is COc1ccc(C[C@H]2NC(=O)/C=C/C[C@@H]([C@H](C)/C=C/c3ccccc3)OC(=O)[C@H](CC(C)C)OCCCNC2=O)cc1. The number of esters is 1. The van der Waals surface area contributed by atoms with Crippen molar-refractivity contribution in [3.8, 4) is 5.75 Å². The summed E-state index contributed by atoms with van der Waals surface area (Å²) in [7, 11) is 1.59. The molecule has 0 saturated carbocycles. The molecule has 0 aromatic heterocycles. The van der Waals surface area contributed by atoms with E-state index in [0.717, 1.165) is 11.1 Å². The molecule has 3 rings (SSSR count). The van der Waals surface area contributed by atoms with E-state index in [2.05, 4.69) is 10.6 Å². The van der Waals surface area contributed by atoms with E-state index in [1.165, 1.54) is 6.08 Å². The van der Waals surface area contributed by atoms with Crippen molar-refractivity contribution in [3.63, 3.8) is 0 Å². The third kappa shape index (κ3) is 11.2. The van der Waals surface area contributed by atoms with Crippen LogP contribution in [0.3, 0.4) is 0 Å². The van der Waals surface area contributed by atoms with E-state index in [9.17, 15) is 14.4 Å². The molecule has 8 nitrogen and oxygen atoms in total. The number of carbonyl (C=O) groups is 3. The van der Waals surface area contributed by atoms with Gasteiger partial charge in [-0.2, -0.15) is 0 Å². The first-order valence-corrected chi connectivity index (χ1v) is 14.7. The summed E-state index contributed by atoms with van der Waals surface area (Å²) in [5.41, 5.74) is 1.93. The first-order valence-electron chi connectivity index (χ1n) is 14.7. The minimum absolute atomic E-state index is 0.131. The van der Waals surface area contributed by atoms with Crippen molar-refractivity contribution >= 4 is 23.9 Å². The molecule has 4 atom stereocenters. The Bertz CT molecular complexity index is 1190. The average molecular weight is 577 g/mol. The summed E-state index contributed by atoms with van der Waals surface area (Å²) in [5.74, 6) is -0.281. The Morgan fingerprint density at radius 2 is 1.76 bits per heavy atom. The smallest absolute Gasteiger partial charge is 0.335 e. The second-order valence-corrected chi connectivity index (χ2v) is 11.0. The lowest BCUT2D eigenvalue weighted by Gasteiger charge is -2.25. The minimum atomic E-state index is -0.764. The van der Waals surface area contributed by atoms with E-state index in [4.69, 9.17) is 14.2 Å². The number of amides is 2. The number of rotatable bonds is 8. The highest BCUT2D eigenvalue weighted by Crippen LogP contribution is 2.20. The van der Waals surface area contributed by atoms with E-state index < -0.39 is 30.1 Å². The van der Waals surface area contributed by atoms with Gasteiger partial charge in [0.15, 0.2) is 6.10 Å². The molecule has 8 heteroatoms. The fourth-order valence-electron chi connectivity index (χ4n) is 4.57. The van der Waals surface area contributed by atoms with Crippen LogP contribution in [0.5, 0.6) is 5.75 Å². The third-order valence-electron chi connectivity index (χ3n) is 7.00. The predicted molar refractivity (Wildman–Crippen MR) is 164 cm³/mol. The number of carbonyl (C=O) groups excluding carboxylic acids is 3. The molecule has 1 heterocycles. The summed E-state index contributed by atoms with van der Waals surface area (Å²) in [4.78, 5) is 39.2. The van der Waals surface area contributed by atoms with E-state index in [1.807, 2.05) is 87.5 Å². The molecule has 1 aliphatic rings. The molecule has 0 saturated heterocycles. The van der Waals surface area contributed by atoms with Gasteiger partial charge in [0, 0.05) is 31.9 Å². The molecule has 1 aliphatic heterocycles. The molecule has 0 fully saturated rings. The van der Waals surface area contributed by atoms with Crippen molar-refractivity contribution in [1.82, 2.24) is 10.6 Å². The highest BCUT2D eigenvalue weighted by molar-refractivity contribution is 5.93. The molecule has 0 radical (unpaired) electrons. The number of benzene rings is 2. The standard InChI is InChI=1S/C34H44N2O6/c1-24(2)22-31-34(39)42-30(25(3)14-15-26-10-6-5-7-11-26)12-8-13-32(37)36-29(33(38)35-20-9-21-41-31)23-27-16-18-28(40-4)19-17-27/h5-8,10-11,13-19,24-25,29-31H,9,12,20-23H2,1-4H3,(H,35,38)(H,36,37)/b13-8+,15-14+/t25-,29-,30+,31+/m1/s1. The van der Waals surface area contributed by atoms with Gasteiger partial charge in [-0.1, -0.05) is 81.5 Å². The maximum absolute atomic E-state index is 13.3. The van der Waals surface area contributed by atoms with Crippen molar-refractivity contribution in [2.75, 3.05) is 20.3 Å². The number of methoxy groups -OCH3 is 1. The third-order valence-corrected chi connectivity index (χ3v) is 7.00. The number of hydrogen-bond acceptors (Lipinski definition) is 6. The molecule has 2 N–H and O–H groups in total. The van der Waals surface area contributed by atoms with Crippen LogP contribution in [0.15, 0.2) is 72.8 Å². The highest BCUT2D eigenvalue weighted by atomic mass is 16.6. The molecule has 2 aromatic carbocycles. The lowest BCUT2D eigenvalue weighted by Crippen LogP contribution is -2.48. The zero-order valence-corrected chi connectivity index (χ0v) is 25.1. The molecule has 0 aliphatic carbocycles. The number of ether oxygens (including phenoxy) is 3. The van der Waals surface area contributed by atoms with E-state index in [-0.39, 0.29) is 24.3 Å². The van der Waals surface area contributed by atoms with Crippen LogP contribution in [0.2, 0.25) is 0 Å². The molecular formula is C34H44N2O6. The van der Waals surface area contributed by atoms with Crippen LogP contribution in [-0.2, 0) is 30.3 Å². The van der Waals surface area contributed by atoms with Gasteiger partial charge in [0.25, 0.3) is 0 Å². The zero-order chi connectivity index (χ0) is 30.3. The Balaban J connectivity index is 1.80. The molecule has 226 valence electrons.